The molecule has 0 aliphatic carbocycles. The Morgan fingerprint density at radius 3 is 1.14 bits per heavy atom. The minimum atomic E-state index is 1.11. The third-order valence-electron chi connectivity index (χ3n) is 5.91. The average molecular weight is 450 g/mol. The van der Waals surface area contributed by atoms with E-state index in [4.69, 9.17) is 0 Å². The molecule has 0 heterocycles. The van der Waals surface area contributed by atoms with Crippen molar-refractivity contribution in [3.63, 3.8) is 0 Å². The first kappa shape index (κ1) is 22.2. The Kier molecular flexibility index (Phi) is 6.97. The number of benzene rings is 5. The summed E-state index contributed by atoms with van der Waals surface area (Å²) in [4.78, 5) is 2.26. The van der Waals surface area contributed by atoms with Crippen molar-refractivity contribution >= 4 is 22.5 Å². The Balaban J connectivity index is 1.73. The fourth-order valence-electron chi connectivity index (χ4n) is 4.16. The summed E-state index contributed by atoms with van der Waals surface area (Å²) in [6.45, 7) is 0. The molecular formula is C34H27N. The van der Waals surface area contributed by atoms with E-state index in [1.54, 1.807) is 0 Å². The third-order valence-corrected chi connectivity index (χ3v) is 5.91. The monoisotopic (exact) mass is 449 g/mol. The summed E-state index contributed by atoms with van der Waals surface area (Å²) in [5.41, 5.74) is 8.07. The molecule has 35 heavy (non-hydrogen) atoms. The molecule has 0 radical (unpaired) electrons. The number of hydrogen-bond acceptors (Lipinski definition) is 1. The Morgan fingerprint density at radius 2 is 0.743 bits per heavy atom. The van der Waals surface area contributed by atoms with Crippen LogP contribution in [0.2, 0.25) is 0 Å². The molecule has 1 heteroatoms. The summed E-state index contributed by atoms with van der Waals surface area (Å²) in [6.07, 6.45) is 4.55. The number of anilines is 2. The van der Waals surface area contributed by atoms with Crippen LogP contribution in [-0.4, -0.2) is 0 Å². The molecule has 0 aromatic heterocycles. The highest BCUT2D eigenvalue weighted by Gasteiger charge is 2.11. The lowest BCUT2D eigenvalue weighted by Gasteiger charge is -2.23. The minimum absolute atomic E-state index is 1.11. The van der Waals surface area contributed by atoms with Crippen LogP contribution in [0.3, 0.4) is 0 Å². The van der Waals surface area contributed by atoms with Crippen molar-refractivity contribution in [2.24, 2.45) is 0 Å². The molecule has 0 fully saturated rings. The number of allylic oxidation sites excluding steroid dienone is 2. The molecule has 0 aliphatic heterocycles. The molecule has 0 spiro atoms. The fraction of sp³-hybridized carbons (Fsp3) is 0. The van der Waals surface area contributed by atoms with Gasteiger partial charge in [-0.15, -0.1) is 0 Å². The third kappa shape index (κ3) is 5.48. The summed E-state index contributed by atoms with van der Waals surface area (Å²) in [7, 11) is 0. The van der Waals surface area contributed by atoms with Crippen LogP contribution >= 0.6 is 0 Å². The van der Waals surface area contributed by atoms with Crippen molar-refractivity contribution in [3.8, 4) is 0 Å². The molecule has 5 rings (SSSR count). The van der Waals surface area contributed by atoms with Crippen LogP contribution in [-0.2, 0) is 0 Å². The maximum Gasteiger partial charge on any atom is 0.0455 e. The molecule has 0 N–H and O–H groups in total. The summed E-state index contributed by atoms with van der Waals surface area (Å²) < 4.78 is 0. The zero-order valence-corrected chi connectivity index (χ0v) is 19.5. The average Bonchev–Trinajstić information content (AvgIpc) is 2.95. The van der Waals surface area contributed by atoms with Gasteiger partial charge in [-0.05, 0) is 58.2 Å². The second kappa shape index (κ2) is 11.0. The Morgan fingerprint density at radius 1 is 0.400 bits per heavy atom. The van der Waals surface area contributed by atoms with Gasteiger partial charge >= 0.3 is 0 Å². The maximum absolute atomic E-state index is 2.30. The van der Waals surface area contributed by atoms with Crippen LogP contribution in [0.15, 0.2) is 164 Å². The molecule has 168 valence electrons. The molecule has 0 unspecified atom stereocenters. The topological polar surface area (TPSA) is 3.24 Å². The lowest BCUT2D eigenvalue weighted by atomic mass is 9.94. The Labute approximate surface area is 208 Å². The van der Waals surface area contributed by atoms with Gasteiger partial charge < -0.3 is 4.90 Å². The number of hydrogen-bond donors (Lipinski definition) is 0. The van der Waals surface area contributed by atoms with E-state index >= 15 is 0 Å². The van der Waals surface area contributed by atoms with E-state index in [0.717, 1.165) is 22.5 Å². The largest absolute Gasteiger partial charge is 0.317 e. The Hall–Kier alpha value is -4.62. The second-order valence-corrected chi connectivity index (χ2v) is 8.28. The highest BCUT2D eigenvalue weighted by molar-refractivity contribution is 5.91. The standard InChI is InChI=1S/C34H27N/c1-6-16-28(17-7-1)31(26-34(29-18-8-2-9-19-29)30-20-10-3-11-21-30)27-35(32-22-12-4-13-23-32)33-24-14-5-15-25-33/h1-27H/b31-27+. The lowest BCUT2D eigenvalue weighted by molar-refractivity contribution is 1.28. The van der Waals surface area contributed by atoms with Crippen LogP contribution < -0.4 is 4.90 Å². The summed E-state index contributed by atoms with van der Waals surface area (Å²) in [5, 5.41) is 0. The summed E-state index contributed by atoms with van der Waals surface area (Å²) >= 11 is 0. The smallest absolute Gasteiger partial charge is 0.0455 e. The number of para-hydroxylation sites is 2. The van der Waals surface area contributed by atoms with Gasteiger partial charge in [-0.25, -0.2) is 0 Å². The first-order valence-electron chi connectivity index (χ1n) is 11.9. The quantitative estimate of drug-likeness (QED) is 0.224. The van der Waals surface area contributed by atoms with E-state index in [1.807, 2.05) is 0 Å². The highest BCUT2D eigenvalue weighted by Crippen LogP contribution is 2.32. The fourth-order valence-corrected chi connectivity index (χ4v) is 4.16. The number of nitrogens with zero attached hydrogens (tertiary/aromatic N) is 1. The predicted molar refractivity (Wildman–Crippen MR) is 149 cm³/mol. The maximum atomic E-state index is 2.30. The van der Waals surface area contributed by atoms with E-state index in [-0.39, 0.29) is 0 Å². The molecule has 0 amide bonds. The molecule has 0 saturated heterocycles. The van der Waals surface area contributed by atoms with Crippen molar-refractivity contribution in [1.82, 2.24) is 0 Å². The van der Waals surface area contributed by atoms with Crippen molar-refractivity contribution < 1.29 is 0 Å². The molecule has 0 bridgehead atoms. The van der Waals surface area contributed by atoms with Crippen LogP contribution in [0.1, 0.15) is 16.7 Å². The first-order chi connectivity index (χ1) is 17.4. The second-order valence-electron chi connectivity index (χ2n) is 8.28. The SMILES string of the molecule is C(=C(c1ccccc1)c1ccccc1)/C(=C\N(c1ccccc1)c1ccccc1)c1ccccc1. The van der Waals surface area contributed by atoms with E-state index in [9.17, 15) is 0 Å². The molecule has 5 aromatic carbocycles. The molecule has 0 saturated carbocycles. The van der Waals surface area contributed by atoms with E-state index in [0.29, 0.717) is 0 Å². The lowest BCUT2D eigenvalue weighted by Crippen LogP contribution is -2.09. The molecule has 1 nitrogen and oxygen atoms in total. The van der Waals surface area contributed by atoms with Crippen LogP contribution in [0.25, 0.3) is 11.1 Å². The molecule has 0 aliphatic rings. The van der Waals surface area contributed by atoms with Gasteiger partial charge in [0, 0.05) is 17.6 Å². The van der Waals surface area contributed by atoms with Crippen molar-refractivity contribution in [1.29, 1.82) is 0 Å². The van der Waals surface area contributed by atoms with Crippen LogP contribution in [0.5, 0.6) is 0 Å². The van der Waals surface area contributed by atoms with E-state index in [2.05, 4.69) is 169 Å². The van der Waals surface area contributed by atoms with Gasteiger partial charge in [0.2, 0.25) is 0 Å². The van der Waals surface area contributed by atoms with Crippen molar-refractivity contribution in [2.75, 3.05) is 4.90 Å². The van der Waals surface area contributed by atoms with E-state index in [1.165, 1.54) is 16.7 Å². The number of rotatable bonds is 7. The van der Waals surface area contributed by atoms with Gasteiger partial charge in [-0.3, -0.25) is 0 Å². The summed E-state index contributed by atoms with van der Waals surface area (Å²) in [5.74, 6) is 0. The van der Waals surface area contributed by atoms with Gasteiger partial charge in [0.1, 0.15) is 0 Å². The van der Waals surface area contributed by atoms with Gasteiger partial charge in [-0.1, -0.05) is 127 Å². The van der Waals surface area contributed by atoms with Crippen molar-refractivity contribution in [2.45, 2.75) is 0 Å². The van der Waals surface area contributed by atoms with Crippen LogP contribution in [0.4, 0.5) is 11.4 Å². The highest BCUT2D eigenvalue weighted by atomic mass is 15.1. The first-order valence-corrected chi connectivity index (χ1v) is 11.9. The van der Waals surface area contributed by atoms with Gasteiger partial charge in [0.25, 0.3) is 0 Å². The zero-order chi connectivity index (χ0) is 23.7. The minimum Gasteiger partial charge on any atom is -0.317 e. The predicted octanol–water partition coefficient (Wildman–Crippen LogP) is 9.00. The molecule has 5 aromatic rings. The van der Waals surface area contributed by atoms with Gasteiger partial charge in [-0.2, -0.15) is 0 Å². The van der Waals surface area contributed by atoms with Gasteiger partial charge in [0.15, 0.2) is 0 Å². The Bertz CT molecular complexity index is 1310. The normalized spacial score (nSPS) is 11.0. The van der Waals surface area contributed by atoms with Crippen molar-refractivity contribution in [3.05, 3.63) is 181 Å². The van der Waals surface area contributed by atoms with E-state index < -0.39 is 0 Å². The molecular weight excluding hydrogens is 422 g/mol. The van der Waals surface area contributed by atoms with Gasteiger partial charge in [0.05, 0.1) is 0 Å². The summed E-state index contributed by atoms with van der Waals surface area (Å²) in [6, 6.07) is 52.8. The molecule has 0 atom stereocenters. The van der Waals surface area contributed by atoms with Crippen LogP contribution in [0, 0.1) is 0 Å². The zero-order valence-electron chi connectivity index (χ0n) is 19.5.